The molecule has 1 aliphatic heterocycles. The van der Waals surface area contributed by atoms with Crippen molar-refractivity contribution in [1.29, 1.82) is 0 Å². The lowest BCUT2D eigenvalue weighted by Crippen LogP contribution is -2.55. The second-order valence-electron chi connectivity index (χ2n) is 9.86. The Hall–Kier alpha value is -3.59. The number of ether oxygens (including phenoxy) is 2. The zero-order valence-corrected chi connectivity index (χ0v) is 21.6. The van der Waals surface area contributed by atoms with Gasteiger partial charge in [0.15, 0.2) is 5.54 Å². The number of hydrogen-bond donors (Lipinski definition) is 3. The van der Waals surface area contributed by atoms with Gasteiger partial charge in [-0.3, -0.25) is 4.79 Å². The summed E-state index contributed by atoms with van der Waals surface area (Å²) in [5.41, 5.74) is 10.0. The van der Waals surface area contributed by atoms with Crippen LogP contribution in [0.4, 0.5) is 0 Å². The van der Waals surface area contributed by atoms with Gasteiger partial charge in [0.2, 0.25) is 5.90 Å². The normalized spacial score (nSPS) is 24.6. The van der Waals surface area contributed by atoms with E-state index in [1.165, 1.54) is 0 Å². The first-order chi connectivity index (χ1) is 18.4. The van der Waals surface area contributed by atoms with E-state index in [1.807, 2.05) is 55.5 Å². The Morgan fingerprint density at radius 2 is 1.89 bits per heavy atom. The minimum atomic E-state index is -1.23. The van der Waals surface area contributed by atoms with E-state index in [0.29, 0.717) is 50.4 Å². The molecule has 2 aromatic rings. The Kier molecular flexibility index (Phi) is 9.23. The maximum absolute atomic E-state index is 14.0. The molecule has 10 heteroatoms. The van der Waals surface area contributed by atoms with E-state index < -0.39 is 11.6 Å². The van der Waals surface area contributed by atoms with Crippen molar-refractivity contribution in [2.24, 2.45) is 10.1 Å². The highest BCUT2D eigenvalue weighted by atomic mass is 16.5. The van der Waals surface area contributed by atoms with Crippen molar-refractivity contribution in [2.75, 3.05) is 13.2 Å². The fourth-order valence-corrected chi connectivity index (χ4v) is 4.96. The van der Waals surface area contributed by atoms with E-state index >= 15 is 0 Å². The summed E-state index contributed by atoms with van der Waals surface area (Å²) in [7, 11) is 0. The van der Waals surface area contributed by atoms with Gasteiger partial charge >= 0.3 is 0 Å². The van der Waals surface area contributed by atoms with Crippen LogP contribution in [0.25, 0.3) is 10.4 Å². The molecule has 0 unspecified atom stereocenters. The highest BCUT2D eigenvalue weighted by molar-refractivity contribution is 6.01. The third kappa shape index (κ3) is 6.45. The third-order valence-corrected chi connectivity index (χ3v) is 7.24. The van der Waals surface area contributed by atoms with Crippen molar-refractivity contribution >= 4 is 11.8 Å². The van der Waals surface area contributed by atoms with Gasteiger partial charge in [0.05, 0.1) is 19.3 Å². The third-order valence-electron chi connectivity index (χ3n) is 7.24. The van der Waals surface area contributed by atoms with Crippen LogP contribution >= 0.6 is 0 Å². The lowest BCUT2D eigenvalue weighted by atomic mass is 9.83. The predicted octanol–water partition coefficient (Wildman–Crippen LogP) is 3.82. The van der Waals surface area contributed by atoms with E-state index in [0.717, 1.165) is 16.7 Å². The highest BCUT2D eigenvalue weighted by Gasteiger charge is 2.51. The first-order valence-corrected chi connectivity index (χ1v) is 13.1. The summed E-state index contributed by atoms with van der Waals surface area (Å²) < 4.78 is 11.8. The molecule has 3 N–H and O–H groups in total. The van der Waals surface area contributed by atoms with Crippen molar-refractivity contribution in [3.63, 3.8) is 0 Å². The average Bonchev–Trinajstić information content (AvgIpc) is 3.27. The second-order valence-corrected chi connectivity index (χ2v) is 9.86. The van der Waals surface area contributed by atoms with E-state index in [9.17, 15) is 9.90 Å². The molecule has 2 atom stereocenters. The Labute approximate surface area is 222 Å². The number of nitrogens with one attached hydrogen (secondary N) is 1. The maximum atomic E-state index is 14.0. The lowest BCUT2D eigenvalue weighted by molar-refractivity contribution is -0.129. The molecule has 1 fully saturated rings. The number of carbonyl (C=O) groups is 1. The van der Waals surface area contributed by atoms with Crippen LogP contribution in [0.2, 0.25) is 0 Å². The maximum Gasteiger partial charge on any atom is 0.252 e. The van der Waals surface area contributed by atoms with Crippen LogP contribution in [0.1, 0.15) is 55.7 Å². The minimum Gasteiger partial charge on any atom is -0.494 e. The fourth-order valence-electron chi connectivity index (χ4n) is 4.96. The van der Waals surface area contributed by atoms with Gasteiger partial charge in [-0.25, -0.2) is 4.99 Å². The minimum absolute atomic E-state index is 0.0389. The van der Waals surface area contributed by atoms with Gasteiger partial charge in [-0.05, 0) is 73.5 Å². The van der Waals surface area contributed by atoms with Gasteiger partial charge < -0.3 is 25.0 Å². The monoisotopic (exact) mass is 521 g/mol. The number of hydrogen-bond acceptors (Lipinski definition) is 7. The quantitative estimate of drug-likeness (QED) is 0.178. The van der Waals surface area contributed by atoms with Crippen LogP contribution in [-0.2, 0) is 22.5 Å². The molecule has 4 rings (SSSR count). The number of carbonyl (C=O) groups excluding carboxylic acids is 1. The van der Waals surface area contributed by atoms with Crippen LogP contribution in [-0.4, -0.2) is 59.0 Å². The van der Waals surface area contributed by atoms with Crippen LogP contribution in [0.3, 0.4) is 0 Å². The summed E-state index contributed by atoms with van der Waals surface area (Å²) in [6.07, 6.45) is 2.67. The SMILES string of the molecule is C[C@H]1OC(c2ccc(OCCCO)cc2)=N[C@@]1(Cc1ccccc1CN=[N+]=[N-])C(=O)NC1CCC(O)CC1. The van der Waals surface area contributed by atoms with Crippen LogP contribution in [0, 0.1) is 0 Å². The Bertz CT molecular complexity index is 1170. The van der Waals surface area contributed by atoms with E-state index in [1.54, 1.807) is 0 Å². The second kappa shape index (κ2) is 12.8. The summed E-state index contributed by atoms with van der Waals surface area (Å²) in [5, 5.41) is 25.8. The number of rotatable bonds is 11. The number of aliphatic hydroxyl groups is 2. The molecule has 1 saturated carbocycles. The topological polar surface area (TPSA) is 149 Å². The van der Waals surface area contributed by atoms with Crippen LogP contribution in [0.5, 0.6) is 5.75 Å². The zero-order valence-electron chi connectivity index (χ0n) is 21.6. The molecule has 0 aromatic heterocycles. The first kappa shape index (κ1) is 27.4. The standard InChI is InChI=1S/C28H35N5O5/c1-19-28(27(36)31-23-9-11-24(35)12-10-23,17-21-5-2-3-6-22(21)18-30-33-29)32-26(38-19)20-7-13-25(14-8-20)37-16-4-15-34/h2-3,5-8,13-14,19,23-24,34-35H,4,9-12,15-18H2,1H3,(H,31,36)/t19-,23?,24?,28-/m1/s1. The summed E-state index contributed by atoms with van der Waals surface area (Å²) >= 11 is 0. The zero-order chi connectivity index (χ0) is 27.0. The van der Waals surface area contributed by atoms with Crippen molar-refractivity contribution in [3.05, 3.63) is 75.7 Å². The molecule has 0 saturated heterocycles. The molecular weight excluding hydrogens is 486 g/mol. The molecule has 2 aromatic carbocycles. The number of azide groups is 1. The molecule has 1 heterocycles. The van der Waals surface area contributed by atoms with Gasteiger partial charge in [0.1, 0.15) is 11.9 Å². The molecule has 1 aliphatic carbocycles. The predicted molar refractivity (Wildman–Crippen MR) is 143 cm³/mol. The fraction of sp³-hybridized carbons (Fsp3) is 0.500. The largest absolute Gasteiger partial charge is 0.494 e. The highest BCUT2D eigenvalue weighted by Crippen LogP contribution is 2.34. The number of benzene rings is 2. The number of aliphatic imine (C=N–C) groups is 1. The van der Waals surface area contributed by atoms with Gasteiger partial charge in [0, 0.05) is 36.0 Å². The van der Waals surface area contributed by atoms with Gasteiger partial charge in [-0.2, -0.15) is 0 Å². The number of aliphatic hydroxyl groups excluding tert-OH is 2. The van der Waals surface area contributed by atoms with Gasteiger partial charge in [-0.1, -0.05) is 29.4 Å². The van der Waals surface area contributed by atoms with Gasteiger partial charge in [0.25, 0.3) is 5.91 Å². The number of amides is 1. The van der Waals surface area contributed by atoms with Crippen molar-refractivity contribution < 1.29 is 24.5 Å². The van der Waals surface area contributed by atoms with Crippen molar-refractivity contribution in [1.82, 2.24) is 5.32 Å². The van der Waals surface area contributed by atoms with Gasteiger partial charge in [-0.15, -0.1) is 0 Å². The van der Waals surface area contributed by atoms with Crippen LogP contribution in [0.15, 0.2) is 58.6 Å². The molecule has 0 bridgehead atoms. The summed E-state index contributed by atoms with van der Waals surface area (Å²) in [6, 6.07) is 14.8. The summed E-state index contributed by atoms with van der Waals surface area (Å²) in [4.78, 5) is 21.8. The molecule has 38 heavy (non-hydrogen) atoms. The van der Waals surface area contributed by atoms with Crippen LogP contribution < -0.4 is 10.1 Å². The Morgan fingerprint density at radius 1 is 1.18 bits per heavy atom. The Morgan fingerprint density at radius 3 is 2.58 bits per heavy atom. The first-order valence-electron chi connectivity index (χ1n) is 13.1. The molecule has 202 valence electrons. The molecule has 1 amide bonds. The molecule has 2 aliphatic rings. The van der Waals surface area contributed by atoms with E-state index in [2.05, 4.69) is 15.3 Å². The summed E-state index contributed by atoms with van der Waals surface area (Å²) in [6.45, 7) is 2.51. The lowest BCUT2D eigenvalue weighted by Gasteiger charge is -2.33. The molecule has 10 nitrogen and oxygen atoms in total. The Balaban J connectivity index is 1.64. The average molecular weight is 522 g/mol. The van der Waals surface area contributed by atoms with Crippen molar-refractivity contribution in [3.8, 4) is 5.75 Å². The van der Waals surface area contributed by atoms with E-state index in [4.69, 9.17) is 25.1 Å². The number of nitrogens with zero attached hydrogens (tertiary/aromatic N) is 4. The summed E-state index contributed by atoms with van der Waals surface area (Å²) in [5.74, 6) is 0.828. The molecule has 0 radical (unpaired) electrons. The molecular formula is C28H35N5O5. The van der Waals surface area contributed by atoms with Crippen molar-refractivity contribution in [2.45, 2.75) is 75.8 Å². The van der Waals surface area contributed by atoms with E-state index in [-0.39, 0.29) is 37.6 Å². The molecule has 0 spiro atoms. The smallest absolute Gasteiger partial charge is 0.252 e.